The van der Waals surface area contributed by atoms with Gasteiger partial charge in [0.1, 0.15) is 0 Å². The molecule has 0 amide bonds. The van der Waals surface area contributed by atoms with Crippen LogP contribution in [0, 0.1) is 0 Å². The molecular weight excluding hydrogens is 506 g/mol. The summed E-state index contributed by atoms with van der Waals surface area (Å²) in [5, 5.41) is 7.58. The maximum Gasteiger partial charge on any atom is 0.0702 e. The maximum absolute atomic E-state index is 4.79. The number of hydrogen-bond donors (Lipinski definition) is 0. The highest BCUT2D eigenvalue weighted by atomic mass is 14.7. The van der Waals surface area contributed by atoms with Gasteiger partial charge in [-0.25, -0.2) is 0 Å². The second-order valence-corrected chi connectivity index (χ2v) is 10.8. The molecule has 0 radical (unpaired) electrons. The van der Waals surface area contributed by atoms with E-state index in [-0.39, 0.29) is 0 Å². The van der Waals surface area contributed by atoms with Crippen molar-refractivity contribution < 1.29 is 0 Å². The smallest absolute Gasteiger partial charge is 0.0702 e. The molecule has 8 aromatic rings. The van der Waals surface area contributed by atoms with Gasteiger partial charge in [0, 0.05) is 17.3 Å². The summed E-state index contributed by atoms with van der Waals surface area (Å²) in [7, 11) is 0. The van der Waals surface area contributed by atoms with Gasteiger partial charge in [0.15, 0.2) is 0 Å². The molecule has 1 aromatic heterocycles. The average Bonchev–Trinajstić information content (AvgIpc) is 3.07. The van der Waals surface area contributed by atoms with Gasteiger partial charge in [0.2, 0.25) is 0 Å². The molecule has 0 saturated heterocycles. The van der Waals surface area contributed by atoms with Crippen molar-refractivity contribution >= 4 is 32.3 Å². The van der Waals surface area contributed by atoms with E-state index in [0.717, 1.165) is 16.8 Å². The zero-order valence-corrected chi connectivity index (χ0v) is 23.0. The zero-order chi connectivity index (χ0) is 27.9. The van der Waals surface area contributed by atoms with Crippen LogP contribution in [-0.2, 0) is 0 Å². The second-order valence-electron chi connectivity index (χ2n) is 10.8. The van der Waals surface area contributed by atoms with E-state index in [4.69, 9.17) is 4.98 Å². The molecule has 0 fully saturated rings. The number of hydrogen-bond acceptors (Lipinski definition) is 1. The quantitative estimate of drug-likeness (QED) is 0.205. The predicted octanol–water partition coefficient (Wildman–Crippen LogP) is 11.2. The van der Waals surface area contributed by atoms with E-state index in [0.29, 0.717) is 0 Å². The lowest BCUT2D eigenvalue weighted by atomic mass is 9.85. The van der Waals surface area contributed by atoms with E-state index in [9.17, 15) is 0 Å². The van der Waals surface area contributed by atoms with Gasteiger partial charge in [-0.2, -0.15) is 0 Å². The lowest BCUT2D eigenvalue weighted by Gasteiger charge is -2.18. The Morgan fingerprint density at radius 3 is 1.43 bits per heavy atom. The van der Waals surface area contributed by atoms with Gasteiger partial charge in [0.25, 0.3) is 0 Å². The van der Waals surface area contributed by atoms with E-state index in [2.05, 4.69) is 152 Å². The number of aromatic nitrogens is 1. The van der Waals surface area contributed by atoms with Crippen molar-refractivity contribution in [1.29, 1.82) is 0 Å². The first-order valence-corrected chi connectivity index (χ1v) is 14.4. The summed E-state index contributed by atoms with van der Waals surface area (Å²) in [6.45, 7) is 0. The first-order valence-electron chi connectivity index (χ1n) is 14.4. The molecule has 0 N–H and O–H groups in total. The predicted molar refractivity (Wildman–Crippen MR) is 178 cm³/mol. The molecular formula is C41H27N. The molecule has 0 spiro atoms. The van der Waals surface area contributed by atoms with Crippen molar-refractivity contribution in [2.45, 2.75) is 0 Å². The Bertz CT molecular complexity index is 2150. The van der Waals surface area contributed by atoms with Crippen LogP contribution in [0.5, 0.6) is 0 Å². The highest BCUT2D eigenvalue weighted by Crippen LogP contribution is 2.44. The van der Waals surface area contributed by atoms with Gasteiger partial charge < -0.3 is 0 Å². The zero-order valence-electron chi connectivity index (χ0n) is 23.0. The van der Waals surface area contributed by atoms with Crippen molar-refractivity contribution in [3.05, 3.63) is 164 Å². The Morgan fingerprint density at radius 2 is 0.810 bits per heavy atom. The summed E-state index contributed by atoms with van der Waals surface area (Å²) >= 11 is 0. The van der Waals surface area contributed by atoms with E-state index in [1.165, 1.54) is 60.1 Å². The summed E-state index contributed by atoms with van der Waals surface area (Å²) in [4.78, 5) is 4.79. The molecule has 0 saturated carbocycles. The lowest BCUT2D eigenvalue weighted by Crippen LogP contribution is -1.91. The van der Waals surface area contributed by atoms with Crippen LogP contribution in [-0.4, -0.2) is 4.98 Å². The molecule has 0 bridgehead atoms. The monoisotopic (exact) mass is 533 g/mol. The molecule has 0 aliphatic carbocycles. The fourth-order valence-electron chi connectivity index (χ4n) is 6.27. The third-order valence-electron chi connectivity index (χ3n) is 8.31. The van der Waals surface area contributed by atoms with Gasteiger partial charge in [0.05, 0.1) is 5.69 Å². The molecule has 0 atom stereocenters. The summed E-state index contributed by atoms with van der Waals surface area (Å²) in [5.74, 6) is 0. The van der Waals surface area contributed by atoms with Gasteiger partial charge in [-0.15, -0.1) is 0 Å². The molecule has 0 aliphatic heterocycles. The number of rotatable bonds is 4. The molecule has 1 heterocycles. The van der Waals surface area contributed by atoms with Crippen LogP contribution in [0.1, 0.15) is 0 Å². The Hall–Kier alpha value is -5.53. The Morgan fingerprint density at radius 1 is 0.310 bits per heavy atom. The molecule has 8 rings (SSSR count). The number of benzene rings is 7. The Labute approximate surface area is 245 Å². The van der Waals surface area contributed by atoms with E-state index in [1.54, 1.807) is 0 Å². The van der Waals surface area contributed by atoms with Crippen molar-refractivity contribution in [2.24, 2.45) is 0 Å². The van der Waals surface area contributed by atoms with Crippen molar-refractivity contribution in [3.8, 4) is 44.6 Å². The first-order chi connectivity index (χ1) is 20.8. The SMILES string of the molecule is c1ccc(-c2ccc(-c3ccc(-c4c5ccccc5c(-c5ccc6ccccc6c5)c5ccccc45)cc3)nc2)cc1. The lowest BCUT2D eigenvalue weighted by molar-refractivity contribution is 1.33. The second kappa shape index (κ2) is 10.1. The van der Waals surface area contributed by atoms with Gasteiger partial charge in [-0.1, -0.05) is 146 Å². The topological polar surface area (TPSA) is 12.9 Å². The third-order valence-corrected chi connectivity index (χ3v) is 8.31. The van der Waals surface area contributed by atoms with Gasteiger partial charge in [-0.3, -0.25) is 4.98 Å². The van der Waals surface area contributed by atoms with Crippen molar-refractivity contribution in [3.63, 3.8) is 0 Å². The van der Waals surface area contributed by atoms with Gasteiger partial charge >= 0.3 is 0 Å². The van der Waals surface area contributed by atoms with Crippen LogP contribution in [0.2, 0.25) is 0 Å². The van der Waals surface area contributed by atoms with Crippen LogP contribution in [0.4, 0.5) is 0 Å². The molecule has 1 nitrogen and oxygen atoms in total. The maximum atomic E-state index is 4.79. The summed E-state index contributed by atoms with van der Waals surface area (Å²) in [6.07, 6.45) is 1.96. The third kappa shape index (κ3) is 4.15. The summed E-state index contributed by atoms with van der Waals surface area (Å²) < 4.78 is 0. The fraction of sp³-hybridized carbons (Fsp3) is 0. The molecule has 196 valence electrons. The van der Waals surface area contributed by atoms with Crippen LogP contribution < -0.4 is 0 Å². The summed E-state index contributed by atoms with van der Waals surface area (Å²) in [5.41, 5.74) is 9.39. The highest BCUT2D eigenvalue weighted by Gasteiger charge is 2.16. The molecule has 42 heavy (non-hydrogen) atoms. The molecule has 1 heteroatoms. The number of pyridine rings is 1. The van der Waals surface area contributed by atoms with Crippen LogP contribution in [0.25, 0.3) is 77.0 Å². The first kappa shape index (κ1) is 24.3. The molecule has 0 unspecified atom stereocenters. The summed E-state index contributed by atoms with van der Waals surface area (Å²) in [6, 6.07) is 56.6. The highest BCUT2D eigenvalue weighted by molar-refractivity contribution is 6.21. The van der Waals surface area contributed by atoms with E-state index >= 15 is 0 Å². The van der Waals surface area contributed by atoms with E-state index in [1.807, 2.05) is 12.3 Å². The van der Waals surface area contributed by atoms with Crippen LogP contribution >= 0.6 is 0 Å². The van der Waals surface area contributed by atoms with Crippen LogP contribution in [0.15, 0.2) is 164 Å². The number of fused-ring (bicyclic) bond motifs is 3. The number of nitrogens with zero attached hydrogens (tertiary/aromatic N) is 1. The van der Waals surface area contributed by atoms with Crippen LogP contribution in [0.3, 0.4) is 0 Å². The van der Waals surface area contributed by atoms with Gasteiger partial charge in [-0.05, 0) is 72.3 Å². The minimum Gasteiger partial charge on any atom is -0.256 e. The van der Waals surface area contributed by atoms with Crippen molar-refractivity contribution in [2.75, 3.05) is 0 Å². The van der Waals surface area contributed by atoms with Crippen molar-refractivity contribution in [1.82, 2.24) is 4.98 Å². The largest absolute Gasteiger partial charge is 0.256 e. The normalized spacial score (nSPS) is 11.3. The van der Waals surface area contributed by atoms with E-state index < -0.39 is 0 Å². The molecule has 0 aliphatic rings. The minimum atomic E-state index is 0.975. The molecule has 7 aromatic carbocycles. The Kier molecular flexibility index (Phi) is 5.86. The fourth-order valence-corrected chi connectivity index (χ4v) is 6.27. The Balaban J connectivity index is 1.26. The average molecular weight is 534 g/mol. The minimum absolute atomic E-state index is 0.975. The standard InChI is InChI=1S/C41H27N/c1-2-10-28(11-3-1)34-24-25-39(42-27-34)30-19-21-31(22-20-30)40-35-14-6-8-16-37(35)41(38-17-9-7-15-36(38)40)33-23-18-29-12-4-5-13-32(29)26-33/h1-27H.